The number of hydrogen-bond donors (Lipinski definition) is 1. The van der Waals surface area contributed by atoms with Crippen LogP contribution in [0.2, 0.25) is 0 Å². The summed E-state index contributed by atoms with van der Waals surface area (Å²) in [5.41, 5.74) is 9.70. The van der Waals surface area contributed by atoms with Crippen LogP contribution < -0.4 is 14.7 Å². The summed E-state index contributed by atoms with van der Waals surface area (Å²) in [4.78, 5) is 4.45. The number of nitrogens with zero attached hydrogens (tertiary/aromatic N) is 3. The molecule has 0 aliphatic rings. The third-order valence-corrected chi connectivity index (χ3v) is 6.49. The van der Waals surface area contributed by atoms with Crippen molar-refractivity contribution in [2.45, 2.75) is 18.7 Å². The Hall–Kier alpha value is -4.11. The Bertz CT molecular complexity index is 1460. The van der Waals surface area contributed by atoms with Crippen molar-refractivity contribution in [2.24, 2.45) is 5.10 Å². The predicted octanol–water partition coefficient (Wildman–Crippen LogP) is 4.41. The quantitative estimate of drug-likeness (QED) is 0.313. The van der Waals surface area contributed by atoms with Gasteiger partial charge >= 0.3 is 10.1 Å². The topological polar surface area (TPSA) is 109 Å². The largest absolute Gasteiger partial charge is 0.493 e. The summed E-state index contributed by atoms with van der Waals surface area (Å²) in [6.45, 7) is 3.54. The van der Waals surface area contributed by atoms with E-state index < -0.39 is 10.1 Å². The van der Waals surface area contributed by atoms with E-state index in [0.29, 0.717) is 16.8 Å². The van der Waals surface area contributed by atoms with Crippen molar-refractivity contribution in [2.75, 3.05) is 12.8 Å². The number of nitrogens with two attached hydrogens (primary N) is 1. The van der Waals surface area contributed by atoms with Gasteiger partial charge in [-0.1, -0.05) is 42.5 Å². The summed E-state index contributed by atoms with van der Waals surface area (Å²) in [7, 11) is -2.60. The fraction of sp³-hybridized carbons (Fsp3) is 0.120. The number of rotatable bonds is 7. The Labute approximate surface area is 198 Å². The van der Waals surface area contributed by atoms with Gasteiger partial charge in [-0.3, -0.25) is 0 Å². The van der Waals surface area contributed by atoms with Crippen molar-refractivity contribution in [3.8, 4) is 22.8 Å². The molecule has 1 aromatic heterocycles. The number of benzene rings is 3. The van der Waals surface area contributed by atoms with E-state index in [4.69, 9.17) is 14.7 Å². The van der Waals surface area contributed by atoms with Gasteiger partial charge in [0.1, 0.15) is 4.90 Å². The molecule has 0 radical (unpaired) electrons. The Balaban J connectivity index is 1.58. The fourth-order valence-electron chi connectivity index (χ4n) is 3.33. The highest BCUT2D eigenvalue weighted by Crippen LogP contribution is 2.31. The van der Waals surface area contributed by atoms with Gasteiger partial charge in [0.2, 0.25) is 5.95 Å². The van der Waals surface area contributed by atoms with Gasteiger partial charge in [-0.25, -0.2) is 9.66 Å². The van der Waals surface area contributed by atoms with Crippen molar-refractivity contribution < 1.29 is 17.3 Å². The first-order chi connectivity index (χ1) is 16.3. The first-order valence-corrected chi connectivity index (χ1v) is 11.8. The van der Waals surface area contributed by atoms with Crippen molar-refractivity contribution in [1.82, 2.24) is 9.66 Å². The zero-order valence-corrected chi connectivity index (χ0v) is 19.8. The van der Waals surface area contributed by atoms with Gasteiger partial charge in [-0.05, 0) is 54.8 Å². The number of hydrogen-bond acceptors (Lipinski definition) is 7. The summed E-state index contributed by atoms with van der Waals surface area (Å²) in [6, 6.07) is 19.6. The molecule has 0 saturated heterocycles. The Morgan fingerprint density at radius 3 is 2.50 bits per heavy atom. The summed E-state index contributed by atoms with van der Waals surface area (Å²) in [5.74, 6) is 0.567. The summed E-state index contributed by atoms with van der Waals surface area (Å²) in [6.07, 6.45) is 3.30. The Morgan fingerprint density at radius 1 is 1.00 bits per heavy atom. The Kier molecular flexibility index (Phi) is 6.38. The standard InChI is InChI=1S/C25H24N4O4S/c1-17-9-10-18(2)24(13-17)34(30,31)33-22-12-11-19(14-23(22)32-3)15-27-29-16-21(28-25(29)26)20-7-5-4-6-8-20/h4-16H,1-3H3,(H2,26,28)/b27-15+. The number of aromatic nitrogens is 2. The third kappa shape index (κ3) is 4.94. The zero-order chi connectivity index (χ0) is 24.3. The lowest BCUT2D eigenvalue weighted by Gasteiger charge is -2.13. The van der Waals surface area contributed by atoms with E-state index in [0.717, 1.165) is 11.1 Å². The van der Waals surface area contributed by atoms with Crippen LogP contribution in [0, 0.1) is 13.8 Å². The molecule has 0 spiro atoms. The average Bonchev–Trinajstić information content (AvgIpc) is 3.20. The molecule has 3 aromatic carbocycles. The highest BCUT2D eigenvalue weighted by Gasteiger charge is 2.21. The third-order valence-electron chi connectivity index (χ3n) is 5.12. The lowest BCUT2D eigenvalue weighted by atomic mass is 10.2. The molecular weight excluding hydrogens is 452 g/mol. The zero-order valence-electron chi connectivity index (χ0n) is 19.0. The minimum absolute atomic E-state index is 0.0778. The summed E-state index contributed by atoms with van der Waals surface area (Å²) in [5, 5.41) is 4.36. The van der Waals surface area contributed by atoms with Crippen LogP contribution in [-0.2, 0) is 10.1 Å². The molecule has 4 aromatic rings. The van der Waals surface area contributed by atoms with Crippen LogP contribution in [0.15, 0.2) is 82.9 Å². The van der Waals surface area contributed by atoms with E-state index in [-0.39, 0.29) is 22.3 Å². The predicted molar refractivity (Wildman–Crippen MR) is 132 cm³/mol. The van der Waals surface area contributed by atoms with Crippen LogP contribution in [-0.4, -0.2) is 31.4 Å². The van der Waals surface area contributed by atoms with Crippen LogP contribution >= 0.6 is 0 Å². The normalized spacial score (nSPS) is 11.6. The molecule has 0 unspecified atom stereocenters. The molecule has 0 amide bonds. The van der Waals surface area contributed by atoms with Gasteiger partial charge in [-0.2, -0.15) is 13.5 Å². The SMILES string of the molecule is COc1cc(/C=N/n2cc(-c3ccccc3)nc2N)ccc1OS(=O)(=O)c1cc(C)ccc1C. The molecule has 0 fully saturated rings. The van der Waals surface area contributed by atoms with E-state index in [1.807, 2.05) is 43.3 Å². The van der Waals surface area contributed by atoms with E-state index in [1.165, 1.54) is 17.9 Å². The molecule has 4 rings (SSSR count). The van der Waals surface area contributed by atoms with Gasteiger partial charge in [0.15, 0.2) is 11.5 Å². The molecule has 2 N–H and O–H groups in total. The van der Waals surface area contributed by atoms with E-state index in [1.54, 1.807) is 43.6 Å². The molecule has 0 saturated carbocycles. The maximum absolute atomic E-state index is 12.9. The number of aryl methyl sites for hydroxylation is 2. The van der Waals surface area contributed by atoms with Gasteiger partial charge < -0.3 is 14.7 Å². The minimum Gasteiger partial charge on any atom is -0.493 e. The molecule has 0 aliphatic heterocycles. The van der Waals surface area contributed by atoms with Crippen molar-refractivity contribution in [1.29, 1.82) is 0 Å². The minimum atomic E-state index is -4.04. The van der Waals surface area contributed by atoms with Crippen LogP contribution in [0.4, 0.5) is 5.95 Å². The Morgan fingerprint density at radius 2 is 1.76 bits per heavy atom. The molecule has 0 aliphatic carbocycles. The molecule has 0 bridgehead atoms. The first kappa shape index (κ1) is 23.1. The van der Waals surface area contributed by atoms with E-state index in [9.17, 15) is 8.42 Å². The summed E-state index contributed by atoms with van der Waals surface area (Å²) < 4.78 is 38.0. The number of imidazole rings is 1. The van der Waals surface area contributed by atoms with Gasteiger partial charge in [0, 0.05) is 5.56 Å². The van der Waals surface area contributed by atoms with Gasteiger partial charge in [-0.15, -0.1) is 0 Å². The maximum atomic E-state index is 12.9. The van der Waals surface area contributed by atoms with Crippen molar-refractivity contribution in [3.63, 3.8) is 0 Å². The smallest absolute Gasteiger partial charge is 0.339 e. The van der Waals surface area contributed by atoms with Crippen LogP contribution in [0.3, 0.4) is 0 Å². The van der Waals surface area contributed by atoms with Crippen LogP contribution in [0.5, 0.6) is 11.5 Å². The maximum Gasteiger partial charge on any atom is 0.339 e. The van der Waals surface area contributed by atoms with Gasteiger partial charge in [0.05, 0.1) is 25.2 Å². The second kappa shape index (κ2) is 9.40. The molecule has 1 heterocycles. The molecule has 0 atom stereocenters. The average molecular weight is 477 g/mol. The number of ether oxygens (including phenoxy) is 1. The monoisotopic (exact) mass is 476 g/mol. The highest BCUT2D eigenvalue weighted by molar-refractivity contribution is 7.87. The van der Waals surface area contributed by atoms with Gasteiger partial charge in [0.25, 0.3) is 0 Å². The molecule has 34 heavy (non-hydrogen) atoms. The molecule has 174 valence electrons. The second-order valence-corrected chi connectivity index (χ2v) is 9.17. The van der Waals surface area contributed by atoms with Crippen LogP contribution in [0.1, 0.15) is 16.7 Å². The lowest BCUT2D eigenvalue weighted by molar-refractivity contribution is 0.390. The summed E-state index contributed by atoms with van der Waals surface area (Å²) >= 11 is 0. The number of anilines is 1. The van der Waals surface area contributed by atoms with Crippen molar-refractivity contribution in [3.05, 3.63) is 89.6 Å². The lowest BCUT2D eigenvalue weighted by Crippen LogP contribution is -2.12. The molecular formula is C25H24N4O4S. The van der Waals surface area contributed by atoms with Crippen molar-refractivity contribution >= 4 is 22.3 Å². The fourth-order valence-corrected chi connectivity index (χ4v) is 4.58. The number of methoxy groups -OCH3 is 1. The molecule has 8 nitrogen and oxygen atoms in total. The second-order valence-electron chi connectivity index (χ2n) is 7.66. The van der Waals surface area contributed by atoms with Crippen LogP contribution in [0.25, 0.3) is 11.3 Å². The van der Waals surface area contributed by atoms with E-state index in [2.05, 4.69) is 10.1 Å². The highest BCUT2D eigenvalue weighted by atomic mass is 32.2. The van der Waals surface area contributed by atoms with E-state index >= 15 is 0 Å². The number of nitrogen functional groups attached to an aromatic ring is 1. The first-order valence-electron chi connectivity index (χ1n) is 10.4. The molecule has 9 heteroatoms.